The summed E-state index contributed by atoms with van der Waals surface area (Å²) in [6.07, 6.45) is 1.71. The Balaban J connectivity index is 2.00. The molecule has 0 spiro atoms. The highest BCUT2D eigenvalue weighted by Gasteiger charge is 2.32. The first-order valence-electron chi connectivity index (χ1n) is 8.00. The molecule has 2 heterocycles. The van der Waals surface area contributed by atoms with Gasteiger partial charge in [-0.25, -0.2) is 4.79 Å². The second-order valence-electron chi connectivity index (χ2n) is 5.86. The smallest absolute Gasteiger partial charge is 0.318 e. The Morgan fingerprint density at radius 2 is 1.88 bits per heavy atom. The van der Waals surface area contributed by atoms with Gasteiger partial charge in [-0.2, -0.15) is 5.26 Å². The van der Waals surface area contributed by atoms with Crippen LogP contribution < -0.4 is 5.32 Å². The van der Waals surface area contributed by atoms with Gasteiger partial charge in [0, 0.05) is 23.6 Å². The highest BCUT2D eigenvalue weighted by Crippen LogP contribution is 2.24. The highest BCUT2D eigenvalue weighted by molar-refractivity contribution is 6.14. The quantitative estimate of drug-likeness (QED) is 0.692. The first kappa shape index (κ1) is 16.5. The number of imide groups is 1. The van der Waals surface area contributed by atoms with Crippen LogP contribution in [-0.4, -0.2) is 28.0 Å². The topological polar surface area (TPSA) is 78.1 Å². The second-order valence-corrected chi connectivity index (χ2v) is 5.86. The number of urea groups is 1. The van der Waals surface area contributed by atoms with Gasteiger partial charge in [-0.15, -0.1) is 0 Å². The van der Waals surface area contributed by atoms with Crippen LogP contribution in [0.3, 0.4) is 0 Å². The van der Waals surface area contributed by atoms with Crippen molar-refractivity contribution in [3.63, 3.8) is 0 Å². The Kier molecular flexibility index (Phi) is 4.15. The van der Waals surface area contributed by atoms with Crippen LogP contribution in [0.1, 0.15) is 29.4 Å². The maximum Gasteiger partial charge on any atom is 0.328 e. The van der Waals surface area contributed by atoms with E-state index < -0.39 is 0 Å². The molecular formula is C19H18N4O2. The molecule has 25 heavy (non-hydrogen) atoms. The van der Waals surface area contributed by atoms with Crippen LogP contribution in [0, 0.1) is 25.2 Å². The number of carbonyl (C=O) groups is 2. The largest absolute Gasteiger partial charge is 0.328 e. The molecule has 3 rings (SSSR count). The predicted octanol–water partition coefficient (Wildman–Crippen LogP) is 2.88. The molecule has 6 heteroatoms. The van der Waals surface area contributed by atoms with Gasteiger partial charge in [0.2, 0.25) is 0 Å². The number of aryl methyl sites for hydroxylation is 1. The van der Waals surface area contributed by atoms with Crippen molar-refractivity contribution in [3.05, 3.63) is 58.5 Å². The number of hydrogen-bond acceptors (Lipinski definition) is 3. The first-order chi connectivity index (χ1) is 12.0. The highest BCUT2D eigenvalue weighted by atomic mass is 16.2. The van der Waals surface area contributed by atoms with Crippen molar-refractivity contribution in [1.29, 1.82) is 5.26 Å². The van der Waals surface area contributed by atoms with E-state index in [2.05, 4.69) is 11.4 Å². The van der Waals surface area contributed by atoms with E-state index in [1.54, 1.807) is 25.1 Å². The summed E-state index contributed by atoms with van der Waals surface area (Å²) in [7, 11) is 0. The van der Waals surface area contributed by atoms with Gasteiger partial charge in [-0.05, 0) is 62.7 Å². The number of amides is 3. The average Bonchev–Trinajstić information content (AvgIpc) is 3.03. The SMILES string of the molecule is CCN1C(=O)N/C(=C/c2cc(C)n(-c3ccc(C#N)cc3)c2C)C1=O. The van der Waals surface area contributed by atoms with E-state index in [4.69, 9.17) is 5.26 Å². The molecule has 1 aromatic carbocycles. The summed E-state index contributed by atoms with van der Waals surface area (Å²) in [5.74, 6) is -0.310. The van der Waals surface area contributed by atoms with Gasteiger partial charge in [0.05, 0.1) is 11.6 Å². The van der Waals surface area contributed by atoms with E-state index in [0.29, 0.717) is 12.1 Å². The third-order valence-electron chi connectivity index (χ3n) is 4.30. The van der Waals surface area contributed by atoms with Crippen molar-refractivity contribution >= 4 is 18.0 Å². The van der Waals surface area contributed by atoms with Gasteiger partial charge in [0.1, 0.15) is 5.70 Å². The lowest BCUT2D eigenvalue weighted by molar-refractivity contribution is -0.122. The Morgan fingerprint density at radius 1 is 1.20 bits per heavy atom. The molecule has 0 aliphatic carbocycles. The Hall–Kier alpha value is -3.33. The van der Waals surface area contributed by atoms with Crippen LogP contribution in [0.25, 0.3) is 11.8 Å². The zero-order valence-electron chi connectivity index (χ0n) is 14.3. The minimum atomic E-state index is -0.389. The molecule has 0 atom stereocenters. The molecule has 0 saturated carbocycles. The Labute approximate surface area is 146 Å². The number of nitriles is 1. The van der Waals surface area contributed by atoms with E-state index in [-0.39, 0.29) is 17.6 Å². The fourth-order valence-corrected chi connectivity index (χ4v) is 3.03. The lowest BCUT2D eigenvalue weighted by Gasteiger charge is -2.09. The van der Waals surface area contributed by atoms with E-state index in [9.17, 15) is 9.59 Å². The van der Waals surface area contributed by atoms with Gasteiger partial charge in [0.15, 0.2) is 0 Å². The molecular weight excluding hydrogens is 316 g/mol. The van der Waals surface area contributed by atoms with Crippen molar-refractivity contribution in [2.24, 2.45) is 0 Å². The summed E-state index contributed by atoms with van der Waals surface area (Å²) in [5, 5.41) is 11.5. The number of nitrogens with one attached hydrogen (secondary N) is 1. The number of nitrogens with zero attached hydrogens (tertiary/aromatic N) is 3. The van der Waals surface area contributed by atoms with Gasteiger partial charge in [-0.1, -0.05) is 0 Å². The van der Waals surface area contributed by atoms with Crippen LogP contribution in [0.5, 0.6) is 0 Å². The summed E-state index contributed by atoms with van der Waals surface area (Å²) < 4.78 is 2.05. The number of aromatic nitrogens is 1. The Morgan fingerprint density at radius 3 is 2.44 bits per heavy atom. The molecule has 0 radical (unpaired) electrons. The van der Waals surface area contributed by atoms with E-state index in [1.165, 1.54) is 4.90 Å². The van der Waals surface area contributed by atoms with Gasteiger partial charge >= 0.3 is 6.03 Å². The van der Waals surface area contributed by atoms with Crippen molar-refractivity contribution in [2.75, 3.05) is 6.54 Å². The van der Waals surface area contributed by atoms with Crippen LogP contribution in [-0.2, 0) is 4.79 Å². The molecule has 1 aliphatic rings. The van der Waals surface area contributed by atoms with Crippen LogP contribution in [0.15, 0.2) is 36.0 Å². The number of carbonyl (C=O) groups excluding carboxylic acids is 2. The van der Waals surface area contributed by atoms with E-state index >= 15 is 0 Å². The second kappa shape index (κ2) is 6.29. The van der Waals surface area contributed by atoms with Crippen LogP contribution in [0.2, 0.25) is 0 Å². The molecule has 3 amide bonds. The maximum absolute atomic E-state index is 12.2. The van der Waals surface area contributed by atoms with Crippen molar-refractivity contribution < 1.29 is 9.59 Å². The maximum atomic E-state index is 12.2. The lowest BCUT2D eigenvalue weighted by Crippen LogP contribution is -2.30. The van der Waals surface area contributed by atoms with E-state index in [1.807, 2.05) is 36.6 Å². The number of benzene rings is 1. The summed E-state index contributed by atoms with van der Waals surface area (Å²) in [4.78, 5) is 25.2. The van der Waals surface area contributed by atoms with Crippen molar-refractivity contribution in [3.8, 4) is 11.8 Å². The van der Waals surface area contributed by atoms with E-state index in [0.717, 1.165) is 22.6 Å². The molecule has 1 N–H and O–H groups in total. The summed E-state index contributed by atoms with van der Waals surface area (Å²) >= 11 is 0. The molecule has 1 saturated heterocycles. The zero-order valence-corrected chi connectivity index (χ0v) is 14.3. The van der Waals surface area contributed by atoms with Crippen LogP contribution in [0.4, 0.5) is 4.79 Å². The molecule has 126 valence electrons. The number of likely N-dealkylation sites (N-methyl/N-ethyl adjacent to an activating group) is 1. The standard InChI is InChI=1S/C19H18N4O2/c1-4-22-18(24)17(21-19(22)25)10-15-9-12(2)23(13(15)3)16-7-5-14(11-20)6-8-16/h5-10H,4H2,1-3H3,(H,21,25)/b17-10+. The van der Waals surface area contributed by atoms with Gasteiger partial charge in [-0.3, -0.25) is 9.69 Å². The summed E-state index contributed by atoms with van der Waals surface area (Å²) in [6.45, 7) is 6.03. The van der Waals surface area contributed by atoms with Gasteiger partial charge < -0.3 is 9.88 Å². The normalized spacial score (nSPS) is 15.6. The third kappa shape index (κ3) is 2.81. The van der Waals surface area contributed by atoms with Crippen LogP contribution >= 0.6 is 0 Å². The average molecular weight is 334 g/mol. The van der Waals surface area contributed by atoms with Gasteiger partial charge in [0.25, 0.3) is 5.91 Å². The monoisotopic (exact) mass is 334 g/mol. The predicted molar refractivity (Wildman–Crippen MR) is 93.9 cm³/mol. The molecule has 0 unspecified atom stereocenters. The fraction of sp³-hybridized carbons (Fsp3) is 0.211. The Bertz CT molecular complexity index is 930. The summed E-state index contributed by atoms with van der Waals surface area (Å²) in [5.41, 5.74) is 4.64. The molecule has 1 fully saturated rings. The first-order valence-corrected chi connectivity index (χ1v) is 8.00. The molecule has 1 aliphatic heterocycles. The molecule has 0 bridgehead atoms. The third-order valence-corrected chi connectivity index (χ3v) is 4.30. The number of hydrogen-bond donors (Lipinski definition) is 1. The summed E-state index contributed by atoms with van der Waals surface area (Å²) in [6, 6.07) is 11.0. The lowest BCUT2D eigenvalue weighted by atomic mass is 10.2. The van der Waals surface area contributed by atoms with Crippen molar-refractivity contribution in [1.82, 2.24) is 14.8 Å². The fourth-order valence-electron chi connectivity index (χ4n) is 3.03. The zero-order chi connectivity index (χ0) is 18.1. The minimum absolute atomic E-state index is 0.284. The minimum Gasteiger partial charge on any atom is -0.318 e. The molecule has 1 aromatic heterocycles. The van der Waals surface area contributed by atoms with Crippen molar-refractivity contribution in [2.45, 2.75) is 20.8 Å². The molecule has 2 aromatic rings. The molecule has 6 nitrogen and oxygen atoms in total. The number of rotatable bonds is 3.